The van der Waals surface area contributed by atoms with Crippen LogP contribution in [0, 0.1) is 0 Å². The average Bonchev–Trinajstić information content (AvgIpc) is 3.07. The smallest absolute Gasteiger partial charge is 0.206 e. The van der Waals surface area contributed by atoms with E-state index in [9.17, 15) is 4.79 Å². The van der Waals surface area contributed by atoms with Gasteiger partial charge in [0.2, 0.25) is 5.78 Å². The largest absolute Gasteiger partial charge is 0.497 e. The van der Waals surface area contributed by atoms with E-state index >= 15 is 0 Å². The van der Waals surface area contributed by atoms with E-state index in [2.05, 4.69) is 10.3 Å². The van der Waals surface area contributed by atoms with Crippen molar-refractivity contribution in [3.05, 3.63) is 52.9 Å². The molecule has 0 spiro atoms. The molecule has 3 aromatic rings. The molecule has 146 valence electrons. The first-order valence-corrected chi connectivity index (χ1v) is 9.39. The zero-order chi connectivity index (χ0) is 20.1. The monoisotopic (exact) mass is 399 g/mol. The third-order valence-electron chi connectivity index (χ3n) is 3.89. The highest BCUT2D eigenvalue weighted by Crippen LogP contribution is 2.33. The van der Waals surface area contributed by atoms with Gasteiger partial charge in [0, 0.05) is 29.4 Å². The number of aromatic nitrogens is 1. The van der Waals surface area contributed by atoms with Crippen LogP contribution in [0.4, 0.5) is 16.6 Å². The second kappa shape index (κ2) is 8.62. The van der Waals surface area contributed by atoms with Crippen LogP contribution in [0.25, 0.3) is 0 Å². The Morgan fingerprint density at radius 2 is 1.71 bits per heavy atom. The van der Waals surface area contributed by atoms with Gasteiger partial charge in [-0.2, -0.15) is 0 Å². The molecule has 1 heterocycles. The van der Waals surface area contributed by atoms with Crippen molar-refractivity contribution >= 4 is 33.8 Å². The Hall–Kier alpha value is -3.26. The van der Waals surface area contributed by atoms with E-state index in [4.69, 9.17) is 19.9 Å². The summed E-state index contributed by atoms with van der Waals surface area (Å²) in [6.07, 6.45) is 0. The predicted octanol–water partition coefficient (Wildman–Crippen LogP) is 4.12. The van der Waals surface area contributed by atoms with Crippen LogP contribution in [0.5, 0.6) is 17.2 Å². The minimum absolute atomic E-state index is 0.182. The van der Waals surface area contributed by atoms with Crippen LogP contribution >= 0.6 is 11.3 Å². The van der Waals surface area contributed by atoms with Gasteiger partial charge in [-0.25, -0.2) is 4.98 Å². The van der Waals surface area contributed by atoms with Crippen LogP contribution in [0.15, 0.2) is 42.5 Å². The number of nitrogens with one attached hydrogen (secondary N) is 1. The van der Waals surface area contributed by atoms with E-state index < -0.39 is 0 Å². The summed E-state index contributed by atoms with van der Waals surface area (Å²) < 4.78 is 15.9. The highest BCUT2D eigenvalue weighted by Gasteiger charge is 2.18. The molecule has 0 saturated carbocycles. The van der Waals surface area contributed by atoms with E-state index in [1.54, 1.807) is 56.7 Å². The van der Waals surface area contributed by atoms with Crippen molar-refractivity contribution in [1.29, 1.82) is 0 Å². The molecule has 0 radical (unpaired) electrons. The van der Waals surface area contributed by atoms with Crippen molar-refractivity contribution in [3.63, 3.8) is 0 Å². The Morgan fingerprint density at radius 1 is 1.07 bits per heavy atom. The van der Waals surface area contributed by atoms with Crippen LogP contribution in [0.2, 0.25) is 0 Å². The molecule has 0 amide bonds. The molecular weight excluding hydrogens is 378 g/mol. The number of nitrogen functional groups attached to an aromatic ring is 1. The van der Waals surface area contributed by atoms with Crippen LogP contribution in [-0.2, 0) is 0 Å². The molecule has 3 rings (SSSR count). The summed E-state index contributed by atoms with van der Waals surface area (Å²) >= 11 is 1.19. The van der Waals surface area contributed by atoms with Gasteiger partial charge < -0.3 is 25.3 Å². The molecule has 3 N–H and O–H groups in total. The van der Waals surface area contributed by atoms with Gasteiger partial charge in [-0.15, -0.1) is 0 Å². The normalized spacial score (nSPS) is 10.4. The minimum atomic E-state index is -0.186. The molecule has 8 heteroatoms. The molecule has 0 bridgehead atoms. The zero-order valence-corrected chi connectivity index (χ0v) is 16.6. The first-order valence-electron chi connectivity index (χ1n) is 8.58. The molecule has 7 nitrogen and oxygen atoms in total. The number of methoxy groups -OCH3 is 2. The first kappa shape index (κ1) is 19.5. The third-order valence-corrected chi connectivity index (χ3v) is 4.88. The van der Waals surface area contributed by atoms with Gasteiger partial charge in [-0.05, 0) is 31.2 Å². The number of anilines is 3. The van der Waals surface area contributed by atoms with Crippen LogP contribution in [0.1, 0.15) is 22.2 Å². The lowest BCUT2D eigenvalue weighted by Gasteiger charge is -2.08. The first-order chi connectivity index (χ1) is 13.5. The Labute approximate surface area is 167 Å². The topological polar surface area (TPSA) is 95.7 Å². The third kappa shape index (κ3) is 4.34. The summed E-state index contributed by atoms with van der Waals surface area (Å²) in [6, 6.07) is 12.3. The summed E-state index contributed by atoms with van der Waals surface area (Å²) in [5, 5.41) is 3.64. The van der Waals surface area contributed by atoms with Crippen molar-refractivity contribution < 1.29 is 19.0 Å². The fourth-order valence-electron chi connectivity index (χ4n) is 2.55. The van der Waals surface area contributed by atoms with Crippen LogP contribution in [0.3, 0.4) is 0 Å². The van der Waals surface area contributed by atoms with Gasteiger partial charge in [0.25, 0.3) is 0 Å². The maximum Gasteiger partial charge on any atom is 0.206 e. The van der Waals surface area contributed by atoms with Crippen molar-refractivity contribution in [2.75, 3.05) is 31.9 Å². The molecule has 0 aliphatic heterocycles. The SMILES string of the molecule is CCOc1ccc(C(=O)c2sc(Nc3cc(OC)cc(OC)c3)nc2N)cc1. The summed E-state index contributed by atoms with van der Waals surface area (Å²) in [5.74, 6) is 1.98. The minimum Gasteiger partial charge on any atom is -0.497 e. The van der Waals surface area contributed by atoms with Gasteiger partial charge in [0.05, 0.1) is 20.8 Å². The second-order valence-corrected chi connectivity index (χ2v) is 6.75. The van der Waals surface area contributed by atoms with Gasteiger partial charge in [0.1, 0.15) is 27.9 Å². The van der Waals surface area contributed by atoms with Gasteiger partial charge in [-0.1, -0.05) is 11.3 Å². The van der Waals surface area contributed by atoms with E-state index in [1.165, 1.54) is 11.3 Å². The molecule has 2 aromatic carbocycles. The van der Waals surface area contributed by atoms with Crippen LogP contribution < -0.4 is 25.3 Å². The summed E-state index contributed by atoms with van der Waals surface area (Å²) in [5.41, 5.74) is 7.22. The number of hydrogen-bond acceptors (Lipinski definition) is 8. The fraction of sp³-hybridized carbons (Fsp3) is 0.200. The Balaban J connectivity index is 1.82. The number of carbonyl (C=O) groups excluding carboxylic acids is 1. The highest BCUT2D eigenvalue weighted by molar-refractivity contribution is 7.18. The van der Waals surface area contributed by atoms with E-state index in [1.807, 2.05) is 6.92 Å². The zero-order valence-electron chi connectivity index (χ0n) is 15.8. The fourth-order valence-corrected chi connectivity index (χ4v) is 3.42. The van der Waals surface area contributed by atoms with E-state index in [0.717, 1.165) is 0 Å². The molecule has 0 fully saturated rings. The molecule has 0 aliphatic carbocycles. The number of nitrogens with two attached hydrogens (primary N) is 1. The molecule has 0 atom stereocenters. The lowest BCUT2D eigenvalue weighted by molar-refractivity contribution is 0.104. The summed E-state index contributed by atoms with van der Waals surface area (Å²) in [7, 11) is 3.15. The van der Waals surface area contributed by atoms with Crippen LogP contribution in [-0.4, -0.2) is 31.6 Å². The van der Waals surface area contributed by atoms with E-state index in [-0.39, 0.29) is 11.6 Å². The molecule has 0 aliphatic rings. The van der Waals surface area contributed by atoms with Gasteiger partial charge >= 0.3 is 0 Å². The standard InChI is InChI=1S/C20H21N3O4S/c1-4-27-14-7-5-12(6-8-14)17(24)18-19(21)23-20(28-18)22-13-9-15(25-2)11-16(10-13)26-3/h5-11H,4,21H2,1-3H3,(H,22,23). The number of carbonyl (C=O) groups is 1. The van der Waals surface area contributed by atoms with Crippen molar-refractivity contribution in [2.24, 2.45) is 0 Å². The summed E-state index contributed by atoms with van der Waals surface area (Å²) in [6.45, 7) is 2.47. The maximum atomic E-state index is 12.8. The average molecular weight is 399 g/mol. The number of nitrogens with zero attached hydrogens (tertiary/aromatic N) is 1. The predicted molar refractivity (Wildman–Crippen MR) is 110 cm³/mol. The van der Waals surface area contributed by atoms with Crippen molar-refractivity contribution in [2.45, 2.75) is 6.92 Å². The van der Waals surface area contributed by atoms with Crippen molar-refractivity contribution in [1.82, 2.24) is 4.98 Å². The quantitative estimate of drug-likeness (QED) is 0.550. The Bertz CT molecular complexity index is 948. The number of hydrogen-bond donors (Lipinski definition) is 2. The number of benzene rings is 2. The second-order valence-electron chi connectivity index (χ2n) is 5.75. The number of ether oxygens (including phenoxy) is 3. The van der Waals surface area contributed by atoms with Crippen molar-refractivity contribution in [3.8, 4) is 17.2 Å². The number of rotatable bonds is 8. The molecule has 0 unspecified atom stereocenters. The lowest BCUT2D eigenvalue weighted by Crippen LogP contribution is -2.02. The lowest BCUT2D eigenvalue weighted by atomic mass is 10.1. The van der Waals surface area contributed by atoms with E-state index in [0.29, 0.717) is 45.1 Å². The Kier molecular flexibility index (Phi) is 6.00. The Morgan fingerprint density at radius 3 is 2.29 bits per heavy atom. The molecular formula is C20H21N3O4S. The molecule has 28 heavy (non-hydrogen) atoms. The van der Waals surface area contributed by atoms with Gasteiger partial charge in [0.15, 0.2) is 5.13 Å². The number of thiazole rings is 1. The maximum absolute atomic E-state index is 12.8. The summed E-state index contributed by atoms with van der Waals surface area (Å²) in [4.78, 5) is 17.4. The molecule has 0 saturated heterocycles. The van der Waals surface area contributed by atoms with Gasteiger partial charge in [-0.3, -0.25) is 4.79 Å². The molecule has 1 aromatic heterocycles. The highest BCUT2D eigenvalue weighted by atomic mass is 32.1. The number of ketones is 1.